The van der Waals surface area contributed by atoms with E-state index >= 15 is 0 Å². The van der Waals surface area contributed by atoms with Crippen LogP contribution in [0.25, 0.3) is 0 Å². The Bertz CT molecular complexity index is 301. The Hall–Kier alpha value is -0.280. The van der Waals surface area contributed by atoms with Gasteiger partial charge in [0.25, 0.3) is 0 Å². The van der Waals surface area contributed by atoms with Crippen molar-refractivity contribution in [3.05, 3.63) is 0 Å². The number of hydrogen-bond acceptors (Lipinski definition) is 2. The number of likely N-dealkylation sites (tertiary alicyclic amines) is 1. The highest BCUT2D eigenvalue weighted by molar-refractivity contribution is 5.85. The Morgan fingerprint density at radius 3 is 2.47 bits per heavy atom. The summed E-state index contributed by atoms with van der Waals surface area (Å²) in [7, 11) is 0. The zero-order valence-electron chi connectivity index (χ0n) is 12.4. The first kappa shape index (κ1) is 16.8. The molecule has 0 aromatic carbocycles. The van der Waals surface area contributed by atoms with Crippen molar-refractivity contribution in [2.75, 3.05) is 19.6 Å². The molecule has 2 aliphatic rings. The highest BCUT2D eigenvalue weighted by Crippen LogP contribution is 2.45. The lowest BCUT2D eigenvalue weighted by Crippen LogP contribution is -2.42. The first-order valence-electron chi connectivity index (χ1n) is 7.57. The third kappa shape index (κ3) is 3.63. The Labute approximate surface area is 123 Å². The summed E-state index contributed by atoms with van der Waals surface area (Å²) in [4.78, 5) is 15.0. The van der Waals surface area contributed by atoms with Gasteiger partial charge in [0.05, 0.1) is 0 Å². The Morgan fingerprint density at radius 2 is 2.00 bits per heavy atom. The van der Waals surface area contributed by atoms with Gasteiger partial charge in [-0.3, -0.25) is 4.79 Å². The van der Waals surface area contributed by atoms with Crippen LogP contribution in [0.2, 0.25) is 0 Å². The van der Waals surface area contributed by atoms with Crippen LogP contribution in [-0.2, 0) is 4.79 Å². The number of carbonyl (C=O) groups is 1. The van der Waals surface area contributed by atoms with E-state index in [0.29, 0.717) is 17.7 Å². The average molecular weight is 289 g/mol. The highest BCUT2D eigenvalue weighted by Gasteiger charge is 2.44. The number of amides is 1. The lowest BCUT2D eigenvalue weighted by Gasteiger charge is -2.34. The largest absolute Gasteiger partial charge is 0.342 e. The monoisotopic (exact) mass is 288 g/mol. The van der Waals surface area contributed by atoms with Crippen LogP contribution in [0.1, 0.15) is 52.4 Å². The maximum Gasteiger partial charge on any atom is 0.228 e. The van der Waals surface area contributed by atoms with Crippen LogP contribution in [0.15, 0.2) is 0 Å². The van der Waals surface area contributed by atoms with Crippen LogP contribution in [0.3, 0.4) is 0 Å². The third-order valence-corrected chi connectivity index (χ3v) is 4.72. The molecule has 19 heavy (non-hydrogen) atoms. The van der Waals surface area contributed by atoms with E-state index in [1.54, 1.807) is 0 Å². The molecule has 1 saturated heterocycles. The van der Waals surface area contributed by atoms with Gasteiger partial charge in [0.2, 0.25) is 5.91 Å². The maximum absolute atomic E-state index is 12.9. The van der Waals surface area contributed by atoms with Crippen molar-refractivity contribution in [2.45, 2.75) is 52.4 Å². The topological polar surface area (TPSA) is 46.3 Å². The van der Waals surface area contributed by atoms with Crippen LogP contribution in [0.4, 0.5) is 0 Å². The number of carbonyl (C=O) groups excluding carboxylic acids is 1. The third-order valence-electron chi connectivity index (χ3n) is 4.72. The minimum absolute atomic E-state index is 0. The van der Waals surface area contributed by atoms with Crippen molar-refractivity contribution in [3.8, 4) is 0 Å². The molecule has 0 spiro atoms. The molecule has 1 heterocycles. The van der Waals surface area contributed by atoms with E-state index in [2.05, 4.69) is 18.7 Å². The van der Waals surface area contributed by atoms with Crippen molar-refractivity contribution in [1.29, 1.82) is 0 Å². The van der Waals surface area contributed by atoms with Crippen molar-refractivity contribution >= 4 is 18.3 Å². The average Bonchev–Trinajstić information content (AvgIpc) is 2.96. The molecule has 1 aliphatic carbocycles. The van der Waals surface area contributed by atoms with E-state index in [-0.39, 0.29) is 17.8 Å². The van der Waals surface area contributed by atoms with Crippen molar-refractivity contribution in [1.82, 2.24) is 4.90 Å². The van der Waals surface area contributed by atoms with E-state index in [4.69, 9.17) is 5.73 Å². The summed E-state index contributed by atoms with van der Waals surface area (Å²) in [5.41, 5.74) is 5.70. The molecule has 2 rings (SSSR count). The molecule has 2 fully saturated rings. The first-order valence-corrected chi connectivity index (χ1v) is 7.57. The van der Waals surface area contributed by atoms with E-state index in [1.807, 2.05) is 0 Å². The molecule has 3 nitrogen and oxygen atoms in total. The van der Waals surface area contributed by atoms with Gasteiger partial charge >= 0.3 is 0 Å². The minimum atomic E-state index is -0.0301. The van der Waals surface area contributed by atoms with Gasteiger partial charge in [-0.05, 0) is 44.1 Å². The molecule has 1 unspecified atom stereocenters. The fourth-order valence-electron chi connectivity index (χ4n) is 3.88. The summed E-state index contributed by atoms with van der Waals surface area (Å²) in [6.07, 6.45) is 6.83. The maximum atomic E-state index is 12.9. The van der Waals surface area contributed by atoms with Gasteiger partial charge in [0.1, 0.15) is 0 Å². The van der Waals surface area contributed by atoms with Crippen molar-refractivity contribution < 1.29 is 4.79 Å². The van der Waals surface area contributed by atoms with Crippen LogP contribution >= 0.6 is 12.4 Å². The second-order valence-electron chi connectivity index (χ2n) is 6.73. The smallest absolute Gasteiger partial charge is 0.228 e. The molecule has 1 aliphatic heterocycles. The predicted octanol–water partition coefficient (Wildman–Crippen LogP) is 2.82. The number of hydrogen-bond donors (Lipinski definition) is 1. The zero-order valence-corrected chi connectivity index (χ0v) is 13.2. The summed E-state index contributed by atoms with van der Waals surface area (Å²) in [6, 6.07) is 0. The van der Waals surface area contributed by atoms with Crippen LogP contribution in [-0.4, -0.2) is 30.4 Å². The van der Waals surface area contributed by atoms with Crippen LogP contribution in [0.5, 0.6) is 0 Å². The number of rotatable bonds is 4. The van der Waals surface area contributed by atoms with E-state index in [9.17, 15) is 4.79 Å². The fourth-order valence-corrected chi connectivity index (χ4v) is 3.88. The lowest BCUT2D eigenvalue weighted by molar-refractivity contribution is -0.142. The molecular weight excluding hydrogens is 260 g/mol. The second kappa shape index (κ2) is 6.94. The Morgan fingerprint density at radius 1 is 1.37 bits per heavy atom. The molecule has 1 saturated carbocycles. The fraction of sp³-hybridized carbons (Fsp3) is 0.933. The second-order valence-corrected chi connectivity index (χ2v) is 6.73. The highest BCUT2D eigenvalue weighted by atomic mass is 35.5. The van der Waals surface area contributed by atoms with Gasteiger partial charge in [0, 0.05) is 18.5 Å². The first-order chi connectivity index (χ1) is 8.57. The number of nitrogens with two attached hydrogens (primary N) is 1. The van der Waals surface area contributed by atoms with Gasteiger partial charge in [-0.1, -0.05) is 26.7 Å². The molecule has 1 amide bonds. The van der Waals surface area contributed by atoms with E-state index in [0.717, 1.165) is 45.3 Å². The quantitative estimate of drug-likeness (QED) is 0.865. The van der Waals surface area contributed by atoms with Crippen LogP contribution < -0.4 is 5.73 Å². The summed E-state index contributed by atoms with van der Waals surface area (Å²) < 4.78 is 0. The molecule has 0 bridgehead atoms. The zero-order chi connectivity index (χ0) is 13.2. The minimum Gasteiger partial charge on any atom is -0.342 e. The van der Waals surface area contributed by atoms with Gasteiger partial charge in [-0.2, -0.15) is 0 Å². The lowest BCUT2D eigenvalue weighted by atomic mass is 9.77. The summed E-state index contributed by atoms with van der Waals surface area (Å²) >= 11 is 0. The van der Waals surface area contributed by atoms with E-state index in [1.165, 1.54) is 12.8 Å². The Balaban J connectivity index is 0.00000180. The van der Waals surface area contributed by atoms with Gasteiger partial charge in [-0.25, -0.2) is 0 Å². The molecular formula is C15H29ClN2O. The standard InChI is InChI=1S/C15H28N2O.ClH/c1-12(2)9-15(6-3-4-7-15)14(18)17-8-5-13(10-16)11-17;/h12-13H,3-11,16H2,1-2H3;1H. The molecule has 0 radical (unpaired) electrons. The normalized spacial score (nSPS) is 25.7. The molecule has 4 heteroatoms. The van der Waals surface area contributed by atoms with Crippen molar-refractivity contribution in [2.24, 2.45) is 23.0 Å². The molecule has 0 aromatic heterocycles. The molecule has 1 atom stereocenters. The number of nitrogens with zero attached hydrogens (tertiary/aromatic N) is 1. The summed E-state index contributed by atoms with van der Waals surface area (Å²) in [5, 5.41) is 0. The van der Waals surface area contributed by atoms with Crippen LogP contribution in [0, 0.1) is 17.3 Å². The molecule has 0 aromatic rings. The van der Waals surface area contributed by atoms with Gasteiger partial charge in [0.15, 0.2) is 0 Å². The van der Waals surface area contributed by atoms with Crippen molar-refractivity contribution in [3.63, 3.8) is 0 Å². The van der Waals surface area contributed by atoms with E-state index < -0.39 is 0 Å². The Kier molecular flexibility index (Phi) is 6.13. The predicted molar refractivity (Wildman–Crippen MR) is 81.3 cm³/mol. The summed E-state index contributed by atoms with van der Waals surface area (Å²) in [6.45, 7) is 7.02. The van der Waals surface area contributed by atoms with Gasteiger partial charge in [-0.15, -0.1) is 12.4 Å². The molecule has 112 valence electrons. The van der Waals surface area contributed by atoms with Gasteiger partial charge < -0.3 is 10.6 Å². The number of halogens is 1. The molecule has 2 N–H and O–H groups in total. The SMILES string of the molecule is CC(C)CC1(C(=O)N2CCC(CN)C2)CCCC1.Cl. The summed E-state index contributed by atoms with van der Waals surface area (Å²) in [5.74, 6) is 1.58.